The van der Waals surface area contributed by atoms with Crippen molar-refractivity contribution in [2.75, 3.05) is 6.26 Å². The molecule has 19 heavy (non-hydrogen) atoms. The minimum atomic E-state index is -0.185. The van der Waals surface area contributed by atoms with E-state index in [0.29, 0.717) is 5.56 Å². The number of aryl methyl sites for hydroxylation is 1. The number of fused-ring (bicyclic) bond motifs is 1. The SMILES string of the molecule is CSc1ccc(-c2cc3cc(C)ccc3[nH]2)c(F)c1. The van der Waals surface area contributed by atoms with E-state index >= 15 is 0 Å². The third kappa shape index (κ3) is 2.26. The van der Waals surface area contributed by atoms with Gasteiger partial charge in [-0.05, 0) is 49.6 Å². The van der Waals surface area contributed by atoms with E-state index in [4.69, 9.17) is 0 Å². The minimum Gasteiger partial charge on any atom is -0.354 e. The van der Waals surface area contributed by atoms with Crippen LogP contribution < -0.4 is 0 Å². The molecule has 0 radical (unpaired) electrons. The first-order chi connectivity index (χ1) is 9.17. The highest BCUT2D eigenvalue weighted by molar-refractivity contribution is 7.98. The van der Waals surface area contributed by atoms with E-state index in [2.05, 4.69) is 24.0 Å². The lowest BCUT2D eigenvalue weighted by atomic mass is 10.1. The fraction of sp³-hybridized carbons (Fsp3) is 0.125. The van der Waals surface area contributed by atoms with Crippen LogP contribution in [0.1, 0.15) is 5.56 Å². The molecule has 0 aliphatic carbocycles. The van der Waals surface area contributed by atoms with Crippen molar-refractivity contribution >= 4 is 22.7 Å². The monoisotopic (exact) mass is 271 g/mol. The van der Waals surface area contributed by atoms with Gasteiger partial charge >= 0.3 is 0 Å². The molecule has 0 unspecified atom stereocenters. The normalized spacial score (nSPS) is 11.1. The Hall–Kier alpha value is -1.74. The van der Waals surface area contributed by atoms with Crippen LogP contribution in [-0.4, -0.2) is 11.2 Å². The van der Waals surface area contributed by atoms with Crippen molar-refractivity contribution in [3.63, 3.8) is 0 Å². The summed E-state index contributed by atoms with van der Waals surface area (Å²) in [5.74, 6) is -0.185. The molecular weight excluding hydrogens is 257 g/mol. The van der Waals surface area contributed by atoms with Crippen LogP contribution >= 0.6 is 11.8 Å². The maximum absolute atomic E-state index is 14.1. The van der Waals surface area contributed by atoms with E-state index in [1.54, 1.807) is 17.8 Å². The zero-order valence-electron chi connectivity index (χ0n) is 10.8. The maximum atomic E-state index is 14.1. The fourth-order valence-electron chi connectivity index (χ4n) is 2.24. The van der Waals surface area contributed by atoms with Gasteiger partial charge in [0.05, 0.1) is 0 Å². The van der Waals surface area contributed by atoms with Crippen LogP contribution in [0.2, 0.25) is 0 Å². The Kier molecular flexibility index (Phi) is 3.07. The first-order valence-corrected chi connectivity index (χ1v) is 7.33. The summed E-state index contributed by atoms with van der Waals surface area (Å²) in [4.78, 5) is 4.21. The van der Waals surface area contributed by atoms with Crippen LogP contribution in [0.5, 0.6) is 0 Å². The molecule has 1 N–H and O–H groups in total. The van der Waals surface area contributed by atoms with E-state index in [9.17, 15) is 4.39 Å². The zero-order valence-corrected chi connectivity index (χ0v) is 11.6. The molecule has 96 valence electrons. The predicted molar refractivity (Wildman–Crippen MR) is 80.2 cm³/mol. The van der Waals surface area contributed by atoms with Crippen LogP contribution in [-0.2, 0) is 0 Å². The van der Waals surface area contributed by atoms with Gasteiger partial charge in [0.2, 0.25) is 0 Å². The lowest BCUT2D eigenvalue weighted by Gasteiger charge is -2.02. The van der Waals surface area contributed by atoms with Crippen LogP contribution in [0, 0.1) is 12.7 Å². The average molecular weight is 271 g/mol. The van der Waals surface area contributed by atoms with Crippen LogP contribution in [0.15, 0.2) is 47.4 Å². The number of nitrogens with one attached hydrogen (secondary N) is 1. The van der Waals surface area contributed by atoms with Gasteiger partial charge in [0, 0.05) is 27.1 Å². The van der Waals surface area contributed by atoms with E-state index in [0.717, 1.165) is 21.5 Å². The molecule has 0 saturated carbocycles. The molecule has 0 spiro atoms. The number of H-pyrrole nitrogens is 1. The molecule has 1 heterocycles. The summed E-state index contributed by atoms with van der Waals surface area (Å²) in [6, 6.07) is 13.5. The second-order valence-corrected chi connectivity index (χ2v) is 5.50. The van der Waals surface area contributed by atoms with Gasteiger partial charge in [-0.15, -0.1) is 11.8 Å². The zero-order chi connectivity index (χ0) is 13.4. The van der Waals surface area contributed by atoms with Crippen molar-refractivity contribution in [3.05, 3.63) is 53.8 Å². The molecule has 0 atom stereocenters. The first-order valence-electron chi connectivity index (χ1n) is 6.10. The number of halogens is 1. The van der Waals surface area contributed by atoms with Gasteiger partial charge in [-0.25, -0.2) is 4.39 Å². The lowest BCUT2D eigenvalue weighted by molar-refractivity contribution is 0.627. The topological polar surface area (TPSA) is 15.8 Å². The molecule has 0 fully saturated rings. The molecule has 1 aromatic heterocycles. The third-order valence-corrected chi connectivity index (χ3v) is 3.97. The van der Waals surface area contributed by atoms with E-state index in [-0.39, 0.29) is 5.82 Å². The van der Waals surface area contributed by atoms with E-state index in [1.165, 1.54) is 5.56 Å². The number of rotatable bonds is 2. The third-order valence-electron chi connectivity index (χ3n) is 3.24. The Morgan fingerprint density at radius 2 is 1.89 bits per heavy atom. The Bertz CT molecular complexity index is 746. The van der Waals surface area contributed by atoms with Crippen molar-refractivity contribution < 1.29 is 4.39 Å². The number of benzene rings is 2. The molecule has 1 nitrogen and oxygen atoms in total. The van der Waals surface area contributed by atoms with Gasteiger partial charge in [-0.1, -0.05) is 11.6 Å². The fourth-order valence-corrected chi connectivity index (χ4v) is 2.66. The summed E-state index contributed by atoms with van der Waals surface area (Å²) >= 11 is 1.54. The lowest BCUT2D eigenvalue weighted by Crippen LogP contribution is -1.84. The number of aromatic amines is 1. The van der Waals surface area contributed by atoms with Crippen LogP contribution in [0.3, 0.4) is 0 Å². The van der Waals surface area contributed by atoms with E-state index < -0.39 is 0 Å². The Morgan fingerprint density at radius 3 is 2.63 bits per heavy atom. The minimum absolute atomic E-state index is 0.185. The second-order valence-electron chi connectivity index (χ2n) is 4.62. The van der Waals surface area contributed by atoms with Gasteiger partial charge in [-0.2, -0.15) is 0 Å². The molecule has 3 heteroatoms. The summed E-state index contributed by atoms with van der Waals surface area (Å²) in [6.45, 7) is 2.06. The van der Waals surface area contributed by atoms with Crippen molar-refractivity contribution in [1.29, 1.82) is 0 Å². The summed E-state index contributed by atoms with van der Waals surface area (Å²) in [7, 11) is 0. The molecule has 0 aliphatic heterocycles. The average Bonchev–Trinajstić information content (AvgIpc) is 2.81. The van der Waals surface area contributed by atoms with Crippen molar-refractivity contribution in [1.82, 2.24) is 4.98 Å². The van der Waals surface area contributed by atoms with Crippen molar-refractivity contribution in [2.45, 2.75) is 11.8 Å². The second kappa shape index (κ2) is 4.74. The van der Waals surface area contributed by atoms with Gasteiger partial charge in [0.1, 0.15) is 5.82 Å². The van der Waals surface area contributed by atoms with Crippen molar-refractivity contribution in [3.8, 4) is 11.3 Å². The molecule has 0 bridgehead atoms. The molecule has 3 rings (SSSR count). The van der Waals surface area contributed by atoms with Gasteiger partial charge in [0.15, 0.2) is 0 Å². The summed E-state index contributed by atoms with van der Waals surface area (Å²) < 4.78 is 14.1. The maximum Gasteiger partial charge on any atom is 0.133 e. The molecule has 0 aliphatic rings. The van der Waals surface area contributed by atoms with Gasteiger partial charge < -0.3 is 4.98 Å². The number of hydrogen-bond donors (Lipinski definition) is 1. The molecule has 3 aromatic rings. The summed E-state index contributed by atoms with van der Waals surface area (Å²) in [5, 5.41) is 1.11. The quantitative estimate of drug-likeness (QED) is 0.648. The van der Waals surface area contributed by atoms with Crippen LogP contribution in [0.25, 0.3) is 22.2 Å². The Balaban J connectivity index is 2.13. The van der Waals surface area contributed by atoms with E-state index in [1.807, 2.05) is 30.5 Å². The first kappa shape index (κ1) is 12.3. The predicted octanol–water partition coefficient (Wildman–Crippen LogP) is 5.00. The number of thioether (sulfide) groups is 1. The van der Waals surface area contributed by atoms with Crippen LogP contribution in [0.4, 0.5) is 4.39 Å². The number of aromatic nitrogens is 1. The Morgan fingerprint density at radius 1 is 1.05 bits per heavy atom. The standard InChI is InChI=1S/C16H14FNS/c1-10-3-6-15-11(7-10)8-16(18-15)13-5-4-12(19-2)9-14(13)17/h3-9,18H,1-2H3. The molecule has 0 saturated heterocycles. The highest BCUT2D eigenvalue weighted by Crippen LogP contribution is 2.29. The summed E-state index contributed by atoms with van der Waals surface area (Å²) in [6.07, 6.45) is 1.94. The smallest absolute Gasteiger partial charge is 0.133 e. The van der Waals surface area contributed by atoms with Gasteiger partial charge in [-0.3, -0.25) is 0 Å². The highest BCUT2D eigenvalue weighted by Gasteiger charge is 2.09. The number of hydrogen-bond acceptors (Lipinski definition) is 1. The largest absolute Gasteiger partial charge is 0.354 e. The molecule has 0 amide bonds. The highest BCUT2D eigenvalue weighted by atomic mass is 32.2. The van der Waals surface area contributed by atoms with Crippen molar-refractivity contribution in [2.24, 2.45) is 0 Å². The van der Waals surface area contributed by atoms with Gasteiger partial charge in [0.25, 0.3) is 0 Å². The molecule has 2 aromatic carbocycles. The molecular formula is C16H14FNS. The Labute approximate surface area is 115 Å². The summed E-state index contributed by atoms with van der Waals surface area (Å²) in [5.41, 5.74) is 3.68.